The number of halogens is 1. The molecule has 30 heavy (non-hydrogen) atoms. The van der Waals surface area contributed by atoms with Crippen LogP contribution in [0.15, 0.2) is 0 Å². The third-order valence-electron chi connectivity index (χ3n) is 3.84. The molecule has 0 aromatic carbocycles. The number of hydrogen-bond acceptors (Lipinski definition) is 8. The first-order valence-corrected chi connectivity index (χ1v) is 12.5. The molecule has 0 N–H and O–H groups in total. The van der Waals surface area contributed by atoms with E-state index in [0.29, 0.717) is 92.5 Å². The lowest BCUT2D eigenvalue weighted by atomic mass is 10.2. The van der Waals surface area contributed by atoms with E-state index in [4.69, 9.17) is 37.9 Å². The van der Waals surface area contributed by atoms with Crippen LogP contribution in [0.4, 0.5) is 0 Å². The number of ether oxygens (including phenoxy) is 8. The summed E-state index contributed by atoms with van der Waals surface area (Å²) in [5, 5.41) is 0. The molecule has 0 unspecified atom stereocenters. The van der Waals surface area contributed by atoms with Crippen molar-refractivity contribution in [3.05, 3.63) is 0 Å². The minimum Gasteiger partial charge on any atom is -0.382 e. The predicted molar refractivity (Wildman–Crippen MR) is 125 cm³/mol. The fourth-order valence-corrected chi connectivity index (χ4v) is 2.76. The van der Waals surface area contributed by atoms with Gasteiger partial charge in [0.1, 0.15) is 0 Å². The van der Waals surface area contributed by atoms with Gasteiger partial charge in [0.15, 0.2) is 0 Å². The lowest BCUT2D eigenvalue weighted by Gasteiger charge is -2.08. The van der Waals surface area contributed by atoms with Crippen molar-refractivity contribution >= 4 is 22.6 Å². The predicted octanol–water partition coefficient (Wildman–Crippen LogP) is 2.74. The van der Waals surface area contributed by atoms with Crippen LogP contribution in [0.1, 0.15) is 25.7 Å². The highest BCUT2D eigenvalue weighted by molar-refractivity contribution is 14.1. The molecule has 0 atom stereocenters. The number of rotatable bonds is 27. The van der Waals surface area contributed by atoms with Gasteiger partial charge in [0, 0.05) is 13.7 Å². The van der Waals surface area contributed by atoms with Gasteiger partial charge in [0.2, 0.25) is 0 Å². The molecule has 0 aliphatic carbocycles. The molecule has 0 rings (SSSR count). The van der Waals surface area contributed by atoms with E-state index >= 15 is 0 Å². The number of unbranched alkanes of at least 4 members (excludes halogenated alkanes) is 3. The molecule has 8 nitrogen and oxygen atoms in total. The zero-order valence-electron chi connectivity index (χ0n) is 18.8. The molecule has 0 spiro atoms. The molecule has 0 aromatic rings. The standard InChI is InChI=1S/C21H43IO8/c1-23-8-9-25-12-13-27-16-17-29-20-21-30-19-18-28-15-14-26-11-10-24-7-5-3-2-4-6-22/h2-21H2,1H3. The second-order valence-electron chi connectivity index (χ2n) is 6.38. The van der Waals surface area contributed by atoms with Gasteiger partial charge in [-0.1, -0.05) is 35.4 Å². The fourth-order valence-electron chi connectivity index (χ4n) is 2.22. The quantitative estimate of drug-likeness (QED) is 0.0879. The lowest BCUT2D eigenvalue weighted by molar-refractivity contribution is -0.0221. The molecule has 0 heterocycles. The Kier molecular flexibility index (Phi) is 29.8. The molecule has 0 saturated heterocycles. The van der Waals surface area contributed by atoms with E-state index in [0.717, 1.165) is 13.0 Å². The SMILES string of the molecule is COCCOCCOCCOCCOCCOCCOCCOCCCCCCI. The molecule has 0 fully saturated rings. The minimum absolute atomic E-state index is 0.551. The second kappa shape index (κ2) is 29.4. The van der Waals surface area contributed by atoms with Crippen molar-refractivity contribution < 1.29 is 37.9 Å². The Balaban J connectivity index is 2.97. The molecule has 0 bridgehead atoms. The van der Waals surface area contributed by atoms with Gasteiger partial charge in [0.05, 0.1) is 92.5 Å². The van der Waals surface area contributed by atoms with Crippen molar-refractivity contribution in [1.29, 1.82) is 0 Å². The Labute approximate surface area is 196 Å². The first kappa shape index (κ1) is 30.4. The van der Waals surface area contributed by atoms with Crippen molar-refractivity contribution in [3.8, 4) is 0 Å². The van der Waals surface area contributed by atoms with Crippen LogP contribution < -0.4 is 0 Å². The molecule has 9 heteroatoms. The summed E-state index contributed by atoms with van der Waals surface area (Å²) in [5.74, 6) is 0. The average molecular weight is 550 g/mol. The minimum atomic E-state index is 0.551. The van der Waals surface area contributed by atoms with Gasteiger partial charge in [-0.3, -0.25) is 0 Å². The maximum atomic E-state index is 5.53. The largest absolute Gasteiger partial charge is 0.382 e. The highest BCUT2D eigenvalue weighted by atomic mass is 127. The molecule has 0 amide bonds. The summed E-state index contributed by atoms with van der Waals surface area (Å²) < 4.78 is 44.1. The van der Waals surface area contributed by atoms with Crippen molar-refractivity contribution in [3.63, 3.8) is 0 Å². The Bertz CT molecular complexity index is 272. The lowest BCUT2D eigenvalue weighted by Crippen LogP contribution is -2.14. The average Bonchev–Trinajstić information content (AvgIpc) is 2.76. The number of hydrogen-bond donors (Lipinski definition) is 0. The number of alkyl halides is 1. The van der Waals surface area contributed by atoms with Crippen molar-refractivity contribution in [2.45, 2.75) is 25.7 Å². The van der Waals surface area contributed by atoms with E-state index in [1.54, 1.807) is 7.11 Å². The summed E-state index contributed by atoms with van der Waals surface area (Å²) in [7, 11) is 1.65. The summed E-state index contributed by atoms with van der Waals surface area (Å²) in [6.45, 7) is 8.93. The maximum Gasteiger partial charge on any atom is 0.0701 e. The molecule has 0 aliphatic rings. The highest BCUT2D eigenvalue weighted by Crippen LogP contribution is 2.02. The van der Waals surface area contributed by atoms with Crippen molar-refractivity contribution in [1.82, 2.24) is 0 Å². The smallest absolute Gasteiger partial charge is 0.0701 e. The zero-order valence-corrected chi connectivity index (χ0v) is 20.9. The Morgan fingerprint density at radius 3 is 1.00 bits per heavy atom. The van der Waals surface area contributed by atoms with E-state index < -0.39 is 0 Å². The van der Waals surface area contributed by atoms with Gasteiger partial charge >= 0.3 is 0 Å². The first-order chi connectivity index (χ1) is 14.9. The van der Waals surface area contributed by atoms with Crippen LogP contribution in [-0.2, 0) is 37.9 Å². The van der Waals surface area contributed by atoms with Crippen LogP contribution in [0.3, 0.4) is 0 Å². The number of methoxy groups -OCH3 is 1. The summed E-state index contributed by atoms with van der Waals surface area (Å²) in [5.41, 5.74) is 0. The van der Waals surface area contributed by atoms with Crippen LogP contribution in [0.2, 0.25) is 0 Å². The van der Waals surface area contributed by atoms with Gasteiger partial charge in [-0.15, -0.1) is 0 Å². The molecular formula is C21H43IO8. The topological polar surface area (TPSA) is 73.8 Å². The molecule has 0 radical (unpaired) electrons. The monoisotopic (exact) mass is 550 g/mol. The summed E-state index contributed by atoms with van der Waals surface area (Å²) in [6, 6.07) is 0. The van der Waals surface area contributed by atoms with Gasteiger partial charge in [-0.05, 0) is 17.3 Å². The van der Waals surface area contributed by atoms with E-state index in [-0.39, 0.29) is 0 Å². The Morgan fingerprint density at radius 2 is 0.667 bits per heavy atom. The van der Waals surface area contributed by atoms with Crippen molar-refractivity contribution in [2.75, 3.05) is 111 Å². The van der Waals surface area contributed by atoms with E-state index in [9.17, 15) is 0 Å². The molecule has 0 aromatic heterocycles. The normalized spacial score (nSPS) is 11.4. The van der Waals surface area contributed by atoms with E-state index in [2.05, 4.69) is 22.6 Å². The molecule has 182 valence electrons. The van der Waals surface area contributed by atoms with Crippen LogP contribution in [-0.4, -0.2) is 111 Å². The Morgan fingerprint density at radius 1 is 0.367 bits per heavy atom. The second-order valence-corrected chi connectivity index (χ2v) is 7.46. The summed E-state index contributed by atoms with van der Waals surface area (Å²) in [4.78, 5) is 0. The van der Waals surface area contributed by atoms with E-state index in [1.165, 1.54) is 23.7 Å². The van der Waals surface area contributed by atoms with Gasteiger partial charge in [0.25, 0.3) is 0 Å². The van der Waals surface area contributed by atoms with Gasteiger partial charge < -0.3 is 37.9 Å². The van der Waals surface area contributed by atoms with Crippen LogP contribution >= 0.6 is 22.6 Å². The van der Waals surface area contributed by atoms with Gasteiger partial charge in [-0.25, -0.2) is 0 Å². The van der Waals surface area contributed by atoms with E-state index in [1.807, 2.05) is 0 Å². The van der Waals surface area contributed by atoms with Crippen LogP contribution in [0.5, 0.6) is 0 Å². The maximum absolute atomic E-state index is 5.53. The van der Waals surface area contributed by atoms with Crippen LogP contribution in [0, 0.1) is 0 Å². The third-order valence-corrected chi connectivity index (χ3v) is 4.60. The summed E-state index contributed by atoms with van der Waals surface area (Å²) in [6.07, 6.45) is 5.01. The fraction of sp³-hybridized carbons (Fsp3) is 1.00. The Hall–Kier alpha value is 0.410. The third kappa shape index (κ3) is 28.4. The molecule has 0 saturated carbocycles. The van der Waals surface area contributed by atoms with Gasteiger partial charge in [-0.2, -0.15) is 0 Å². The zero-order chi connectivity index (χ0) is 21.8. The highest BCUT2D eigenvalue weighted by Gasteiger charge is 1.95. The van der Waals surface area contributed by atoms with Crippen LogP contribution in [0.25, 0.3) is 0 Å². The summed E-state index contributed by atoms with van der Waals surface area (Å²) >= 11 is 2.42. The van der Waals surface area contributed by atoms with Crippen molar-refractivity contribution in [2.24, 2.45) is 0 Å². The molecular weight excluding hydrogens is 507 g/mol. The molecule has 0 aliphatic heterocycles. The first-order valence-electron chi connectivity index (χ1n) is 11.0.